The van der Waals surface area contributed by atoms with Crippen LogP contribution in [0.2, 0.25) is 0 Å². The first-order valence-corrected chi connectivity index (χ1v) is 5.20. The Bertz CT molecular complexity index is 339. The number of hydrogen-bond acceptors (Lipinski definition) is 4. The second kappa shape index (κ2) is 6.23. The van der Waals surface area contributed by atoms with Gasteiger partial charge in [-0.15, -0.1) is 0 Å². The Labute approximate surface area is 96.5 Å². The number of likely N-dealkylation sites (N-methyl/N-ethyl adjacent to an activating group) is 1. The van der Waals surface area contributed by atoms with Gasteiger partial charge in [0.2, 0.25) is 5.75 Å². The third-order valence-corrected chi connectivity index (χ3v) is 2.43. The zero-order valence-electron chi connectivity index (χ0n) is 10.3. The Hall–Kier alpha value is -1.42. The molecule has 4 nitrogen and oxygen atoms in total. The summed E-state index contributed by atoms with van der Waals surface area (Å²) in [4.78, 5) is 0. The summed E-state index contributed by atoms with van der Waals surface area (Å²) in [6.45, 7) is 0.895. The van der Waals surface area contributed by atoms with Crippen molar-refractivity contribution >= 4 is 0 Å². The molecule has 0 heterocycles. The van der Waals surface area contributed by atoms with E-state index in [-0.39, 0.29) is 0 Å². The Morgan fingerprint density at radius 2 is 1.69 bits per heavy atom. The fraction of sp³-hybridized carbons (Fsp3) is 0.500. The lowest BCUT2D eigenvalue weighted by atomic mass is 10.1. The molecule has 0 saturated carbocycles. The van der Waals surface area contributed by atoms with Crippen LogP contribution in [0, 0.1) is 0 Å². The molecule has 0 aliphatic rings. The van der Waals surface area contributed by atoms with Crippen molar-refractivity contribution in [2.24, 2.45) is 0 Å². The van der Waals surface area contributed by atoms with Crippen molar-refractivity contribution in [1.82, 2.24) is 5.32 Å². The van der Waals surface area contributed by atoms with E-state index in [0.29, 0.717) is 11.5 Å². The van der Waals surface area contributed by atoms with Gasteiger partial charge in [0.25, 0.3) is 0 Å². The SMILES string of the molecule is CNCCc1ccc(OC)c(OC)c1OC. The second-order valence-corrected chi connectivity index (χ2v) is 3.35. The van der Waals surface area contributed by atoms with Gasteiger partial charge in [-0.1, -0.05) is 6.07 Å². The molecule has 0 atom stereocenters. The molecule has 0 aliphatic carbocycles. The highest BCUT2D eigenvalue weighted by Gasteiger charge is 2.14. The summed E-state index contributed by atoms with van der Waals surface area (Å²) in [5.41, 5.74) is 1.11. The van der Waals surface area contributed by atoms with Crippen molar-refractivity contribution in [2.75, 3.05) is 34.9 Å². The molecule has 0 radical (unpaired) electrons. The third-order valence-electron chi connectivity index (χ3n) is 2.43. The smallest absolute Gasteiger partial charge is 0.203 e. The average molecular weight is 225 g/mol. The minimum atomic E-state index is 0.651. The molecule has 90 valence electrons. The van der Waals surface area contributed by atoms with Gasteiger partial charge in [-0.05, 0) is 31.6 Å². The van der Waals surface area contributed by atoms with Gasteiger partial charge in [-0.25, -0.2) is 0 Å². The average Bonchev–Trinajstić information content (AvgIpc) is 2.34. The molecule has 0 saturated heterocycles. The first-order chi connectivity index (χ1) is 7.78. The number of hydrogen-bond donors (Lipinski definition) is 1. The molecule has 0 bridgehead atoms. The van der Waals surface area contributed by atoms with Crippen molar-refractivity contribution in [3.8, 4) is 17.2 Å². The summed E-state index contributed by atoms with van der Waals surface area (Å²) in [6.07, 6.45) is 0.889. The fourth-order valence-electron chi connectivity index (χ4n) is 1.62. The van der Waals surface area contributed by atoms with Crippen molar-refractivity contribution < 1.29 is 14.2 Å². The monoisotopic (exact) mass is 225 g/mol. The molecule has 1 aromatic carbocycles. The first kappa shape index (κ1) is 12.6. The van der Waals surface area contributed by atoms with E-state index >= 15 is 0 Å². The van der Waals surface area contributed by atoms with Gasteiger partial charge in [0, 0.05) is 0 Å². The summed E-state index contributed by atoms with van der Waals surface area (Å²) in [5, 5.41) is 3.11. The molecule has 0 aliphatic heterocycles. The van der Waals surface area contributed by atoms with Crippen molar-refractivity contribution in [1.29, 1.82) is 0 Å². The van der Waals surface area contributed by atoms with Gasteiger partial charge in [0.1, 0.15) is 0 Å². The molecule has 0 amide bonds. The van der Waals surface area contributed by atoms with Crippen molar-refractivity contribution in [2.45, 2.75) is 6.42 Å². The maximum absolute atomic E-state index is 5.37. The van der Waals surface area contributed by atoms with E-state index in [1.807, 2.05) is 19.2 Å². The van der Waals surface area contributed by atoms with Crippen LogP contribution in [0.1, 0.15) is 5.56 Å². The molecule has 0 unspecified atom stereocenters. The number of nitrogens with one attached hydrogen (secondary N) is 1. The Kier molecular flexibility index (Phi) is 4.92. The zero-order valence-corrected chi connectivity index (χ0v) is 10.3. The molecular formula is C12H19NO3. The minimum absolute atomic E-state index is 0.651. The van der Waals surface area contributed by atoms with Crippen LogP contribution in [0.25, 0.3) is 0 Å². The van der Waals surface area contributed by atoms with Gasteiger partial charge >= 0.3 is 0 Å². The topological polar surface area (TPSA) is 39.7 Å². The lowest BCUT2D eigenvalue weighted by Crippen LogP contribution is -2.11. The second-order valence-electron chi connectivity index (χ2n) is 3.35. The molecule has 1 rings (SSSR count). The van der Waals surface area contributed by atoms with E-state index in [2.05, 4.69) is 5.32 Å². The Morgan fingerprint density at radius 1 is 1.00 bits per heavy atom. The van der Waals surface area contributed by atoms with Crippen LogP contribution in [0.4, 0.5) is 0 Å². The van der Waals surface area contributed by atoms with E-state index < -0.39 is 0 Å². The Morgan fingerprint density at radius 3 is 2.19 bits per heavy atom. The summed E-state index contributed by atoms with van der Waals surface area (Å²) in [5.74, 6) is 2.09. The molecule has 16 heavy (non-hydrogen) atoms. The number of benzene rings is 1. The molecule has 1 aromatic rings. The van der Waals surface area contributed by atoms with E-state index in [1.54, 1.807) is 21.3 Å². The predicted octanol–water partition coefficient (Wildman–Crippen LogP) is 1.47. The number of methoxy groups -OCH3 is 3. The summed E-state index contributed by atoms with van der Waals surface area (Å²) in [7, 11) is 6.79. The first-order valence-electron chi connectivity index (χ1n) is 5.20. The van der Waals surface area contributed by atoms with Crippen LogP contribution in [0.5, 0.6) is 17.2 Å². The predicted molar refractivity (Wildman–Crippen MR) is 63.7 cm³/mol. The number of ether oxygens (including phenoxy) is 3. The molecule has 0 spiro atoms. The molecule has 0 fully saturated rings. The minimum Gasteiger partial charge on any atom is -0.493 e. The van der Waals surface area contributed by atoms with E-state index in [0.717, 1.165) is 24.3 Å². The summed E-state index contributed by atoms with van der Waals surface area (Å²) >= 11 is 0. The van der Waals surface area contributed by atoms with Gasteiger partial charge in [0.15, 0.2) is 11.5 Å². The van der Waals surface area contributed by atoms with E-state index in [4.69, 9.17) is 14.2 Å². The summed E-state index contributed by atoms with van der Waals surface area (Å²) in [6, 6.07) is 3.89. The van der Waals surface area contributed by atoms with E-state index in [9.17, 15) is 0 Å². The van der Waals surface area contributed by atoms with E-state index in [1.165, 1.54) is 0 Å². The van der Waals surface area contributed by atoms with Gasteiger partial charge in [-0.3, -0.25) is 0 Å². The molecular weight excluding hydrogens is 206 g/mol. The highest BCUT2D eigenvalue weighted by molar-refractivity contribution is 5.55. The van der Waals surface area contributed by atoms with Crippen LogP contribution in [0.15, 0.2) is 12.1 Å². The van der Waals surface area contributed by atoms with Crippen LogP contribution < -0.4 is 19.5 Å². The van der Waals surface area contributed by atoms with Crippen molar-refractivity contribution in [3.05, 3.63) is 17.7 Å². The lowest BCUT2D eigenvalue weighted by molar-refractivity contribution is 0.322. The Balaban J connectivity index is 3.10. The normalized spacial score (nSPS) is 10.0. The fourth-order valence-corrected chi connectivity index (χ4v) is 1.62. The van der Waals surface area contributed by atoms with Gasteiger partial charge in [-0.2, -0.15) is 0 Å². The van der Waals surface area contributed by atoms with Crippen LogP contribution in [-0.2, 0) is 6.42 Å². The molecule has 1 N–H and O–H groups in total. The maximum Gasteiger partial charge on any atom is 0.203 e. The van der Waals surface area contributed by atoms with Gasteiger partial charge in [0.05, 0.1) is 21.3 Å². The van der Waals surface area contributed by atoms with Crippen LogP contribution >= 0.6 is 0 Å². The largest absolute Gasteiger partial charge is 0.493 e. The molecule has 4 heteroatoms. The maximum atomic E-state index is 5.37. The third kappa shape index (κ3) is 2.58. The summed E-state index contributed by atoms with van der Waals surface area (Å²) < 4.78 is 15.9. The van der Waals surface area contributed by atoms with Crippen molar-refractivity contribution in [3.63, 3.8) is 0 Å². The highest BCUT2D eigenvalue weighted by Crippen LogP contribution is 2.39. The standard InChI is InChI=1S/C12H19NO3/c1-13-8-7-9-5-6-10(14-2)12(16-4)11(9)15-3/h5-6,13H,7-8H2,1-4H3. The quantitative estimate of drug-likeness (QED) is 0.796. The lowest BCUT2D eigenvalue weighted by Gasteiger charge is -2.15. The van der Waals surface area contributed by atoms with Crippen LogP contribution in [-0.4, -0.2) is 34.9 Å². The molecule has 0 aromatic heterocycles. The zero-order chi connectivity index (χ0) is 12.0. The highest BCUT2D eigenvalue weighted by atomic mass is 16.5. The van der Waals surface area contributed by atoms with Gasteiger partial charge < -0.3 is 19.5 Å². The number of rotatable bonds is 6. The van der Waals surface area contributed by atoms with Crippen LogP contribution in [0.3, 0.4) is 0 Å².